The van der Waals surface area contributed by atoms with Crippen LogP contribution in [0, 0.1) is 17.8 Å². The number of ether oxygens (including phenoxy) is 2. The van der Waals surface area contributed by atoms with Gasteiger partial charge in [-0.25, -0.2) is 14.3 Å². The molecule has 1 aromatic heterocycles. The van der Waals surface area contributed by atoms with Gasteiger partial charge in [0.15, 0.2) is 11.9 Å². The third-order valence-electron chi connectivity index (χ3n) is 12.7. The van der Waals surface area contributed by atoms with Gasteiger partial charge in [-0.3, -0.25) is 48.2 Å². The second kappa shape index (κ2) is 30.2. The molecule has 1 saturated heterocycles. The zero-order valence-corrected chi connectivity index (χ0v) is 47.8. The Bertz CT molecular complexity index is 2350. The molecule has 8 N–H and O–H groups in total. The Morgan fingerprint density at radius 2 is 1.73 bits per heavy atom. The Morgan fingerprint density at radius 1 is 1.04 bits per heavy atom. The van der Waals surface area contributed by atoms with Gasteiger partial charge in [0.2, 0.25) is 23.6 Å². The number of likely N-dealkylation sites (N-methyl/N-ethyl adjacent to an activating group) is 2. The number of piperidine rings is 1. The number of amides is 5. The smallest absolute Gasteiger partial charge is 0.481 e. The molecule has 420 valence electrons. The summed E-state index contributed by atoms with van der Waals surface area (Å²) in [6, 6.07) is 1.53. The number of hydrogen-bond donors (Lipinski definition) is 7. The molecule has 75 heavy (non-hydrogen) atoms. The number of nitrogens with two attached hydrogens (primary N) is 1. The van der Waals surface area contributed by atoms with E-state index in [1.54, 1.807) is 22.7 Å². The van der Waals surface area contributed by atoms with Gasteiger partial charge in [0.25, 0.3) is 5.91 Å². The van der Waals surface area contributed by atoms with Crippen LogP contribution in [-0.2, 0) is 49.0 Å². The number of carbonyl (C=O) groups is 8. The van der Waals surface area contributed by atoms with E-state index in [0.29, 0.717) is 37.0 Å². The number of rotatable bonds is 30. The normalized spacial score (nSPS) is 16.6. The van der Waals surface area contributed by atoms with Gasteiger partial charge in [0.1, 0.15) is 16.7 Å². The molecule has 1 fully saturated rings. The standard InChI is InChI=1S/C49H76N7O15PS3/c1-11-29(4)42(54-44(61)36-15-12-13-21-55(36)9)46(62)56(10)37(28(2)3)26-39(69-31(6)57)45-53-35(27-73-45)43(60)51-33(23-30(5)47(63)64)24-32-17-18-38(70-48(65)71-72(66,67)68)34(25-32)52-41(59)16-14-22-74-75-49(7,8)20-19-40(50)58/h17-18,25,27-30,33,36-37,39,42H,11-16,19-24,26H2,1-10H3,(H2,50,58)(H,51,60)(H,52,59)(H,54,61)(H,63,64)(H2,66,67,68)/t29-,30?,33+,36+,37+,39+,42-/m0/s1. The topological polar surface area (TPSA) is 323 Å². The average Bonchev–Trinajstić information content (AvgIpc) is 3.81. The summed E-state index contributed by atoms with van der Waals surface area (Å²) in [5.74, 6) is -4.94. The Labute approximate surface area is 451 Å². The van der Waals surface area contributed by atoms with E-state index < -0.39 is 73.8 Å². The molecule has 0 radical (unpaired) electrons. The second-order valence-electron chi connectivity index (χ2n) is 19.9. The number of carbonyl (C=O) groups excluding carboxylic acids is 7. The Balaban J connectivity index is 1.87. The number of nitrogens with one attached hydrogen (secondary N) is 3. The van der Waals surface area contributed by atoms with Crippen molar-refractivity contribution in [2.45, 2.75) is 161 Å². The first-order valence-electron chi connectivity index (χ1n) is 24.9. The number of nitrogens with zero attached hydrogens (tertiary/aromatic N) is 3. The van der Waals surface area contributed by atoms with Crippen molar-refractivity contribution in [1.82, 2.24) is 25.4 Å². The van der Waals surface area contributed by atoms with E-state index in [-0.39, 0.29) is 88.7 Å². The molecule has 0 aliphatic carbocycles. The van der Waals surface area contributed by atoms with Crippen molar-refractivity contribution < 1.29 is 71.8 Å². The summed E-state index contributed by atoms with van der Waals surface area (Å²) in [6.45, 7) is 15.1. The second-order valence-corrected chi connectivity index (χ2v) is 25.1. The lowest BCUT2D eigenvalue weighted by Gasteiger charge is -2.38. The van der Waals surface area contributed by atoms with Crippen LogP contribution in [-0.4, -0.2) is 133 Å². The van der Waals surface area contributed by atoms with Crippen LogP contribution in [0.2, 0.25) is 0 Å². The van der Waals surface area contributed by atoms with Crippen LogP contribution in [0.15, 0.2) is 23.6 Å². The quantitative estimate of drug-likeness (QED) is 0.0138. The number of hydrogen-bond acceptors (Lipinski definition) is 17. The first kappa shape index (κ1) is 64.5. The Hall–Kier alpha value is -4.78. The lowest BCUT2D eigenvalue weighted by molar-refractivity contribution is -0.149. The van der Waals surface area contributed by atoms with Crippen molar-refractivity contribution >= 4 is 94.1 Å². The first-order valence-corrected chi connectivity index (χ1v) is 29.7. The third kappa shape index (κ3) is 22.4. The summed E-state index contributed by atoms with van der Waals surface area (Å²) >= 11 is 1.05. The molecule has 1 unspecified atom stereocenters. The van der Waals surface area contributed by atoms with E-state index in [9.17, 15) is 48.0 Å². The van der Waals surface area contributed by atoms with Crippen molar-refractivity contribution in [2.24, 2.45) is 23.5 Å². The van der Waals surface area contributed by atoms with E-state index in [0.717, 1.165) is 30.7 Å². The van der Waals surface area contributed by atoms with Gasteiger partial charge < -0.3 is 45.7 Å². The number of carboxylic acids is 1. The van der Waals surface area contributed by atoms with Crippen LogP contribution in [0.1, 0.15) is 147 Å². The maximum absolute atomic E-state index is 14.4. The number of likely N-dealkylation sites (tertiary alicyclic amines) is 1. The van der Waals surface area contributed by atoms with Gasteiger partial charge in [-0.15, -0.1) is 11.3 Å². The molecule has 0 bridgehead atoms. The molecule has 2 aromatic rings. The largest absolute Gasteiger partial charge is 0.529 e. The summed E-state index contributed by atoms with van der Waals surface area (Å²) in [6.07, 6.45) is 1.70. The highest BCUT2D eigenvalue weighted by Gasteiger charge is 2.38. The Kier molecular flexibility index (Phi) is 26.0. The molecule has 1 aliphatic rings. The van der Waals surface area contributed by atoms with Gasteiger partial charge >= 0.3 is 25.9 Å². The molecule has 0 spiro atoms. The van der Waals surface area contributed by atoms with Crippen LogP contribution < -0.4 is 26.4 Å². The number of benzene rings is 1. The van der Waals surface area contributed by atoms with E-state index in [4.69, 9.17) is 25.0 Å². The minimum atomic E-state index is -5.31. The average molecular weight is 1130 g/mol. The number of phosphoric acid groups is 1. The highest BCUT2D eigenvalue weighted by molar-refractivity contribution is 8.77. The molecule has 5 amide bonds. The molecule has 2 heterocycles. The van der Waals surface area contributed by atoms with Crippen molar-refractivity contribution in [3.8, 4) is 5.75 Å². The lowest BCUT2D eigenvalue weighted by atomic mass is 9.92. The predicted octanol–water partition coefficient (Wildman–Crippen LogP) is 6.84. The third-order valence-corrected chi connectivity index (χ3v) is 17.5. The van der Waals surface area contributed by atoms with E-state index in [1.165, 1.54) is 48.2 Å². The van der Waals surface area contributed by atoms with E-state index in [1.807, 2.05) is 53.5 Å². The van der Waals surface area contributed by atoms with Crippen molar-refractivity contribution in [3.63, 3.8) is 0 Å². The van der Waals surface area contributed by atoms with Gasteiger partial charge in [-0.1, -0.05) is 75.1 Å². The summed E-state index contributed by atoms with van der Waals surface area (Å²) in [4.78, 5) is 130. The van der Waals surface area contributed by atoms with Gasteiger partial charge in [-0.2, -0.15) is 0 Å². The van der Waals surface area contributed by atoms with Crippen molar-refractivity contribution in [2.75, 3.05) is 31.7 Å². The predicted molar refractivity (Wildman–Crippen MR) is 287 cm³/mol. The van der Waals surface area contributed by atoms with Gasteiger partial charge in [-0.05, 0) is 95.5 Å². The van der Waals surface area contributed by atoms with Crippen molar-refractivity contribution in [3.05, 3.63) is 39.8 Å². The van der Waals surface area contributed by atoms with Crippen molar-refractivity contribution in [1.29, 1.82) is 0 Å². The zero-order valence-electron chi connectivity index (χ0n) is 44.5. The summed E-state index contributed by atoms with van der Waals surface area (Å²) in [5, 5.41) is 20.2. The fourth-order valence-electron chi connectivity index (χ4n) is 8.29. The molecule has 26 heteroatoms. The summed E-state index contributed by atoms with van der Waals surface area (Å²) in [7, 11) is 1.32. The molecule has 22 nitrogen and oxygen atoms in total. The first-order chi connectivity index (χ1) is 35.0. The minimum absolute atomic E-state index is 0.0123. The van der Waals surface area contributed by atoms with Crippen LogP contribution in [0.5, 0.6) is 5.75 Å². The molecule has 1 aromatic carbocycles. The fraction of sp³-hybridized carbons (Fsp3) is 0.653. The molecule has 3 rings (SSSR count). The van der Waals surface area contributed by atoms with Crippen LogP contribution in [0.4, 0.5) is 10.5 Å². The number of esters is 1. The number of aliphatic carboxylic acids is 1. The number of thiazole rings is 1. The maximum atomic E-state index is 14.4. The van der Waals surface area contributed by atoms with Crippen LogP contribution in [0.3, 0.4) is 0 Å². The van der Waals surface area contributed by atoms with Gasteiger partial charge in [0, 0.05) is 61.2 Å². The number of phosphoric ester groups is 1. The SMILES string of the molecule is CC[C@H](C)[C@H](NC(=O)[C@H]1CCCCN1C)C(=O)N(C)[C@H](C[C@@H](OC(C)=O)c1nc(C(=O)N[C@@H](Cc2ccc(OC(=O)OP(=O)(O)O)c(NC(=O)CCCSSC(C)(C)CCC(N)=O)c2)CC(C)C(=O)O)cs1)C(C)C. The highest BCUT2D eigenvalue weighted by Crippen LogP contribution is 2.40. The molecular formula is C49H76N7O15PS3. The zero-order chi connectivity index (χ0) is 56.4. The van der Waals surface area contributed by atoms with Gasteiger partial charge in [0.05, 0.1) is 17.6 Å². The summed E-state index contributed by atoms with van der Waals surface area (Å²) < 4.78 is 26.0. The number of carboxylic acid groups (broad SMARTS) is 1. The number of anilines is 1. The molecule has 0 saturated carbocycles. The molecule has 1 aliphatic heterocycles. The van der Waals surface area contributed by atoms with Crippen LogP contribution >= 0.6 is 40.7 Å². The Morgan fingerprint density at radius 3 is 2.33 bits per heavy atom. The maximum Gasteiger partial charge on any atom is 0.529 e. The molecule has 7 atom stereocenters. The number of aromatic nitrogens is 1. The number of primary amides is 1. The summed E-state index contributed by atoms with van der Waals surface area (Å²) in [5.41, 5.74) is 5.55. The van der Waals surface area contributed by atoms with E-state index >= 15 is 0 Å². The van der Waals surface area contributed by atoms with Crippen LogP contribution in [0.25, 0.3) is 0 Å². The fourth-order valence-corrected chi connectivity index (χ4v) is 12.0. The molecular weight excluding hydrogens is 1050 g/mol. The minimum Gasteiger partial charge on any atom is -0.481 e. The highest BCUT2D eigenvalue weighted by atomic mass is 33.1. The lowest BCUT2D eigenvalue weighted by Crippen LogP contribution is -2.58. The monoisotopic (exact) mass is 1130 g/mol. The van der Waals surface area contributed by atoms with E-state index in [2.05, 4.69) is 25.5 Å².